The van der Waals surface area contributed by atoms with Crippen LogP contribution in [0.4, 0.5) is 0 Å². The van der Waals surface area contributed by atoms with Crippen molar-refractivity contribution in [1.29, 1.82) is 0 Å². The number of rotatable bonds is 2. The van der Waals surface area contributed by atoms with Crippen LogP contribution in [-0.4, -0.2) is 19.2 Å². The number of benzene rings is 2. The van der Waals surface area contributed by atoms with E-state index in [0.717, 1.165) is 20.7 Å². The van der Waals surface area contributed by atoms with Crippen molar-refractivity contribution < 1.29 is 9.47 Å². The van der Waals surface area contributed by atoms with Gasteiger partial charge in [-0.05, 0) is 31.5 Å². The van der Waals surface area contributed by atoms with Gasteiger partial charge in [0.05, 0.1) is 29.3 Å². The lowest BCUT2D eigenvalue weighted by molar-refractivity contribution is 0.352. The molecule has 108 valence electrons. The summed E-state index contributed by atoms with van der Waals surface area (Å²) in [5.41, 5.74) is 3.21. The molecule has 0 fully saturated rings. The molecule has 0 saturated heterocycles. The van der Waals surface area contributed by atoms with Crippen LogP contribution < -0.4 is 14.9 Å². The molecule has 21 heavy (non-hydrogen) atoms. The number of hydrogen-bond donors (Lipinski definition) is 0. The molecular weight excluding hydrogens is 286 g/mol. The second-order valence-corrected chi connectivity index (χ2v) is 5.94. The topological polar surface area (TPSA) is 48.4 Å². The molecule has 3 rings (SSSR count). The van der Waals surface area contributed by atoms with Gasteiger partial charge in [-0.15, -0.1) is 11.3 Å². The van der Waals surface area contributed by atoms with E-state index in [0.29, 0.717) is 17.0 Å². The van der Waals surface area contributed by atoms with Gasteiger partial charge in [-0.2, -0.15) is 0 Å². The van der Waals surface area contributed by atoms with Gasteiger partial charge < -0.3 is 9.47 Å². The monoisotopic (exact) mass is 301 g/mol. The lowest BCUT2D eigenvalue weighted by Crippen LogP contribution is -2.13. The standard InChI is InChI=1S/C16H15NO3S/c1-8-5-6-11-10(7-8)17-12-14(19-3)15(20-4)13(18)9(2)16(12)21-11/h5-7H,1-4H3. The third-order valence-electron chi connectivity index (χ3n) is 3.49. The van der Waals surface area contributed by atoms with Crippen molar-refractivity contribution in [3.8, 4) is 22.1 Å². The SMILES string of the molecule is COc1c2nc3cc(C)ccc3sc-2c(C)c(=O)c1OC. The Kier molecular flexibility index (Phi) is 3.29. The molecule has 1 aromatic carbocycles. The highest BCUT2D eigenvalue weighted by Crippen LogP contribution is 2.42. The first kappa shape index (κ1) is 13.8. The highest BCUT2D eigenvalue weighted by molar-refractivity contribution is 7.21. The molecule has 4 nitrogen and oxygen atoms in total. The van der Waals surface area contributed by atoms with E-state index in [1.54, 1.807) is 18.3 Å². The summed E-state index contributed by atoms with van der Waals surface area (Å²) in [5.74, 6) is 0.622. The minimum absolute atomic E-state index is 0.147. The number of aryl methyl sites for hydroxylation is 1. The van der Waals surface area contributed by atoms with Crippen LogP contribution in [0.2, 0.25) is 0 Å². The van der Waals surface area contributed by atoms with Crippen LogP contribution in [0.3, 0.4) is 0 Å². The lowest BCUT2D eigenvalue weighted by atomic mass is 10.1. The molecule has 0 unspecified atom stereocenters. The van der Waals surface area contributed by atoms with Gasteiger partial charge in [0.1, 0.15) is 5.69 Å². The second kappa shape index (κ2) is 5.00. The number of ether oxygens (including phenoxy) is 2. The Bertz CT molecular complexity index is 870. The Morgan fingerprint density at radius 1 is 1.10 bits per heavy atom. The van der Waals surface area contributed by atoms with E-state index >= 15 is 0 Å². The Balaban J connectivity index is 2.52. The zero-order valence-electron chi connectivity index (χ0n) is 12.3. The van der Waals surface area contributed by atoms with E-state index in [2.05, 4.69) is 4.98 Å². The largest absolute Gasteiger partial charge is 0.491 e. The highest BCUT2D eigenvalue weighted by Gasteiger charge is 2.24. The number of nitrogens with zero attached hydrogens (tertiary/aromatic N) is 1. The van der Waals surface area contributed by atoms with Crippen molar-refractivity contribution >= 4 is 21.6 Å². The molecular formula is C16H15NO3S. The van der Waals surface area contributed by atoms with E-state index < -0.39 is 0 Å². The average Bonchev–Trinajstić information content (AvgIpc) is 2.49. The molecule has 0 N–H and O–H groups in total. The van der Waals surface area contributed by atoms with Gasteiger partial charge in [-0.25, -0.2) is 4.98 Å². The maximum Gasteiger partial charge on any atom is 0.228 e. The third-order valence-corrected chi connectivity index (χ3v) is 4.76. The minimum atomic E-state index is -0.147. The minimum Gasteiger partial charge on any atom is -0.491 e. The summed E-state index contributed by atoms with van der Waals surface area (Å²) >= 11 is 1.55. The van der Waals surface area contributed by atoms with Crippen molar-refractivity contribution in [3.63, 3.8) is 0 Å². The normalized spacial score (nSPS) is 11.0. The van der Waals surface area contributed by atoms with E-state index in [1.807, 2.05) is 25.1 Å². The summed E-state index contributed by atoms with van der Waals surface area (Å²) in [6, 6.07) is 6.10. The van der Waals surface area contributed by atoms with Gasteiger partial charge >= 0.3 is 0 Å². The summed E-state index contributed by atoms with van der Waals surface area (Å²) in [6.45, 7) is 3.82. The average molecular weight is 301 g/mol. The number of hydrogen-bond acceptors (Lipinski definition) is 5. The van der Waals surface area contributed by atoms with Gasteiger partial charge in [0.15, 0.2) is 5.75 Å². The van der Waals surface area contributed by atoms with Crippen LogP contribution in [0.1, 0.15) is 11.1 Å². The number of fused-ring (bicyclic) bond motifs is 2. The Morgan fingerprint density at radius 3 is 2.48 bits per heavy atom. The van der Waals surface area contributed by atoms with E-state index in [1.165, 1.54) is 14.2 Å². The molecule has 1 heterocycles. The predicted molar refractivity (Wildman–Crippen MR) is 85.1 cm³/mol. The molecule has 1 aliphatic carbocycles. The molecule has 0 amide bonds. The van der Waals surface area contributed by atoms with E-state index in [9.17, 15) is 4.79 Å². The quantitative estimate of drug-likeness (QED) is 0.681. The molecule has 0 saturated carbocycles. The molecule has 0 radical (unpaired) electrons. The maximum atomic E-state index is 12.4. The van der Waals surface area contributed by atoms with Gasteiger partial charge in [-0.3, -0.25) is 4.79 Å². The van der Waals surface area contributed by atoms with Crippen LogP contribution in [0.5, 0.6) is 11.5 Å². The van der Waals surface area contributed by atoms with Crippen molar-refractivity contribution in [2.45, 2.75) is 13.8 Å². The molecule has 0 aromatic heterocycles. The summed E-state index contributed by atoms with van der Waals surface area (Å²) in [5, 5.41) is 0. The fourth-order valence-electron chi connectivity index (χ4n) is 2.40. The fourth-order valence-corrected chi connectivity index (χ4v) is 3.44. The zero-order valence-corrected chi connectivity index (χ0v) is 13.1. The van der Waals surface area contributed by atoms with Gasteiger partial charge in [0.25, 0.3) is 0 Å². The molecule has 0 atom stereocenters. The number of methoxy groups -OCH3 is 2. The van der Waals surface area contributed by atoms with Crippen LogP contribution in [-0.2, 0) is 0 Å². The van der Waals surface area contributed by atoms with Crippen molar-refractivity contribution in [1.82, 2.24) is 4.98 Å². The van der Waals surface area contributed by atoms with Crippen molar-refractivity contribution in [2.75, 3.05) is 14.2 Å². The maximum absolute atomic E-state index is 12.4. The number of aromatic nitrogens is 1. The fraction of sp³-hybridized carbons (Fsp3) is 0.250. The smallest absolute Gasteiger partial charge is 0.228 e. The van der Waals surface area contributed by atoms with Crippen LogP contribution in [0.25, 0.3) is 20.8 Å². The second-order valence-electron chi connectivity index (χ2n) is 4.88. The Hall–Kier alpha value is -2.14. The Morgan fingerprint density at radius 2 is 1.81 bits per heavy atom. The molecule has 0 spiro atoms. The molecule has 5 heteroatoms. The summed E-state index contributed by atoms with van der Waals surface area (Å²) in [6.07, 6.45) is 0. The van der Waals surface area contributed by atoms with E-state index in [-0.39, 0.29) is 11.2 Å². The first-order chi connectivity index (χ1) is 10.1. The first-order valence-corrected chi connectivity index (χ1v) is 7.34. The lowest BCUT2D eigenvalue weighted by Gasteiger charge is -2.15. The van der Waals surface area contributed by atoms with Crippen LogP contribution in [0, 0.1) is 13.8 Å². The van der Waals surface area contributed by atoms with Crippen molar-refractivity contribution in [2.24, 2.45) is 0 Å². The molecule has 2 aliphatic rings. The predicted octanol–water partition coefficient (Wildman–Crippen LogP) is 3.40. The summed E-state index contributed by atoms with van der Waals surface area (Å²) in [7, 11) is 3.00. The zero-order chi connectivity index (χ0) is 15.1. The van der Waals surface area contributed by atoms with Crippen LogP contribution >= 0.6 is 11.3 Å². The van der Waals surface area contributed by atoms with Gasteiger partial charge in [-0.1, -0.05) is 6.07 Å². The molecule has 1 aromatic rings. The molecule has 0 bridgehead atoms. The summed E-state index contributed by atoms with van der Waals surface area (Å²) < 4.78 is 11.6. The summed E-state index contributed by atoms with van der Waals surface area (Å²) in [4.78, 5) is 17.9. The van der Waals surface area contributed by atoms with Crippen LogP contribution in [0.15, 0.2) is 23.0 Å². The third kappa shape index (κ3) is 2.05. The van der Waals surface area contributed by atoms with E-state index in [4.69, 9.17) is 9.47 Å². The van der Waals surface area contributed by atoms with Gasteiger partial charge in [0, 0.05) is 5.56 Å². The first-order valence-electron chi connectivity index (χ1n) is 6.52. The van der Waals surface area contributed by atoms with Crippen molar-refractivity contribution in [3.05, 3.63) is 39.5 Å². The van der Waals surface area contributed by atoms with Gasteiger partial charge in [0.2, 0.25) is 11.2 Å². The Labute approximate surface area is 126 Å². The molecule has 1 aliphatic heterocycles. The highest BCUT2D eigenvalue weighted by atomic mass is 32.1.